The summed E-state index contributed by atoms with van der Waals surface area (Å²) in [7, 11) is 1.65. The molecule has 98 valence electrons. The van der Waals surface area contributed by atoms with Gasteiger partial charge in [-0.3, -0.25) is 4.79 Å². The van der Waals surface area contributed by atoms with Crippen LogP contribution in [-0.4, -0.2) is 13.0 Å². The van der Waals surface area contributed by atoms with E-state index < -0.39 is 5.82 Å². The van der Waals surface area contributed by atoms with E-state index in [1.54, 1.807) is 26.1 Å². The van der Waals surface area contributed by atoms with Gasteiger partial charge in [-0.25, -0.2) is 4.39 Å². The first-order valence-corrected chi connectivity index (χ1v) is 6.10. The third-order valence-electron chi connectivity index (χ3n) is 3.12. The molecule has 0 saturated carbocycles. The summed E-state index contributed by atoms with van der Waals surface area (Å²) >= 11 is 0. The van der Waals surface area contributed by atoms with Crippen LogP contribution in [-0.2, 0) is 0 Å². The van der Waals surface area contributed by atoms with E-state index in [2.05, 4.69) is 0 Å². The van der Waals surface area contributed by atoms with Gasteiger partial charge >= 0.3 is 0 Å². The molecule has 2 rings (SSSR count). The number of rotatable bonds is 2. The van der Waals surface area contributed by atoms with Gasteiger partial charge < -0.3 is 4.90 Å². The summed E-state index contributed by atoms with van der Waals surface area (Å²) in [6.45, 7) is 3.61. The number of aryl methyl sites for hydroxylation is 2. The van der Waals surface area contributed by atoms with Gasteiger partial charge in [-0.2, -0.15) is 0 Å². The van der Waals surface area contributed by atoms with Crippen LogP contribution in [0.1, 0.15) is 21.5 Å². The summed E-state index contributed by atoms with van der Waals surface area (Å²) in [6, 6.07) is 12.4. The van der Waals surface area contributed by atoms with Crippen molar-refractivity contribution in [3.8, 4) is 0 Å². The number of anilines is 1. The molecule has 2 aromatic rings. The molecule has 19 heavy (non-hydrogen) atoms. The lowest BCUT2D eigenvalue weighted by atomic mass is 10.1. The van der Waals surface area contributed by atoms with Crippen LogP contribution in [0, 0.1) is 19.7 Å². The lowest BCUT2D eigenvalue weighted by Gasteiger charge is -2.18. The van der Waals surface area contributed by atoms with Crippen LogP contribution < -0.4 is 4.90 Å². The Labute approximate surface area is 112 Å². The van der Waals surface area contributed by atoms with Crippen molar-refractivity contribution in [2.24, 2.45) is 0 Å². The lowest BCUT2D eigenvalue weighted by molar-refractivity contribution is 0.0989. The van der Waals surface area contributed by atoms with E-state index in [4.69, 9.17) is 0 Å². The smallest absolute Gasteiger partial charge is 0.260 e. The van der Waals surface area contributed by atoms with Crippen molar-refractivity contribution in [2.45, 2.75) is 13.8 Å². The predicted molar refractivity (Wildman–Crippen MR) is 75.0 cm³/mol. The van der Waals surface area contributed by atoms with Crippen molar-refractivity contribution in [2.75, 3.05) is 11.9 Å². The van der Waals surface area contributed by atoms with Gasteiger partial charge in [0.15, 0.2) is 0 Å². The van der Waals surface area contributed by atoms with Crippen LogP contribution in [0.3, 0.4) is 0 Å². The first-order valence-electron chi connectivity index (χ1n) is 6.10. The molecule has 0 aromatic heterocycles. The third-order valence-corrected chi connectivity index (χ3v) is 3.12. The molecule has 0 atom stereocenters. The fourth-order valence-electron chi connectivity index (χ4n) is 1.95. The van der Waals surface area contributed by atoms with Crippen LogP contribution in [0.5, 0.6) is 0 Å². The highest BCUT2D eigenvalue weighted by Gasteiger charge is 2.18. The molecule has 0 bridgehead atoms. The number of hydrogen-bond donors (Lipinski definition) is 0. The Morgan fingerprint density at radius 1 is 1.11 bits per heavy atom. The number of hydrogen-bond acceptors (Lipinski definition) is 1. The fraction of sp³-hybridized carbons (Fsp3) is 0.188. The third kappa shape index (κ3) is 2.65. The molecule has 0 fully saturated rings. The Balaban J connectivity index is 2.36. The van der Waals surface area contributed by atoms with Gasteiger partial charge in [0.1, 0.15) is 5.82 Å². The van der Waals surface area contributed by atoms with E-state index in [0.717, 1.165) is 11.3 Å². The summed E-state index contributed by atoms with van der Waals surface area (Å²) in [5.41, 5.74) is 2.39. The highest BCUT2D eigenvalue weighted by molar-refractivity contribution is 6.06. The number of benzene rings is 2. The average Bonchev–Trinajstić information content (AvgIpc) is 2.40. The summed E-state index contributed by atoms with van der Waals surface area (Å²) < 4.78 is 14.0. The number of nitrogens with zero attached hydrogens (tertiary/aromatic N) is 1. The molecule has 0 aliphatic carbocycles. The van der Waals surface area contributed by atoms with Crippen LogP contribution in [0.25, 0.3) is 0 Å². The molecule has 0 aliphatic rings. The number of carbonyl (C=O) groups excluding carboxylic acids is 1. The Bertz CT molecular complexity index is 622. The normalized spacial score (nSPS) is 10.3. The Morgan fingerprint density at radius 2 is 1.79 bits per heavy atom. The monoisotopic (exact) mass is 257 g/mol. The Hall–Kier alpha value is -2.16. The first kappa shape index (κ1) is 13.3. The zero-order chi connectivity index (χ0) is 14.0. The van der Waals surface area contributed by atoms with Crippen molar-refractivity contribution in [1.82, 2.24) is 0 Å². The number of halogens is 1. The van der Waals surface area contributed by atoms with Gasteiger partial charge in [-0.05, 0) is 43.2 Å². The SMILES string of the molecule is Cc1cccc(N(C)C(=O)c2cccc(C)c2F)c1. The summed E-state index contributed by atoms with van der Waals surface area (Å²) in [5, 5.41) is 0. The zero-order valence-corrected chi connectivity index (χ0v) is 11.3. The van der Waals surface area contributed by atoms with Crippen LogP contribution >= 0.6 is 0 Å². The van der Waals surface area contributed by atoms with Gasteiger partial charge in [0.05, 0.1) is 5.56 Å². The minimum absolute atomic E-state index is 0.101. The average molecular weight is 257 g/mol. The Kier molecular flexibility index (Phi) is 3.65. The van der Waals surface area contributed by atoms with Crippen molar-refractivity contribution in [1.29, 1.82) is 0 Å². The molecule has 0 saturated heterocycles. The molecule has 0 aliphatic heterocycles. The molecule has 0 heterocycles. The van der Waals surface area contributed by atoms with E-state index >= 15 is 0 Å². The van der Waals surface area contributed by atoms with Gasteiger partial charge in [-0.15, -0.1) is 0 Å². The van der Waals surface area contributed by atoms with Crippen molar-refractivity contribution in [3.05, 3.63) is 65.0 Å². The predicted octanol–water partition coefficient (Wildman–Crippen LogP) is 3.72. The fourth-order valence-corrected chi connectivity index (χ4v) is 1.95. The van der Waals surface area contributed by atoms with E-state index in [1.165, 1.54) is 11.0 Å². The minimum atomic E-state index is -0.452. The van der Waals surface area contributed by atoms with Crippen molar-refractivity contribution in [3.63, 3.8) is 0 Å². The van der Waals surface area contributed by atoms with E-state index in [1.807, 2.05) is 31.2 Å². The molecule has 1 amide bonds. The van der Waals surface area contributed by atoms with E-state index in [0.29, 0.717) is 5.56 Å². The molecular formula is C16H16FNO. The summed E-state index contributed by atoms with van der Waals surface area (Å²) in [5.74, 6) is -0.793. The van der Waals surface area contributed by atoms with Crippen molar-refractivity contribution < 1.29 is 9.18 Å². The molecule has 0 N–H and O–H groups in total. The lowest BCUT2D eigenvalue weighted by Crippen LogP contribution is -2.27. The van der Waals surface area contributed by atoms with Gasteiger partial charge in [0.25, 0.3) is 5.91 Å². The highest BCUT2D eigenvalue weighted by Crippen LogP contribution is 2.19. The molecule has 0 spiro atoms. The van der Waals surface area contributed by atoms with Crippen LogP contribution in [0.2, 0.25) is 0 Å². The van der Waals surface area contributed by atoms with Crippen LogP contribution in [0.15, 0.2) is 42.5 Å². The van der Waals surface area contributed by atoms with Gasteiger partial charge in [0.2, 0.25) is 0 Å². The quantitative estimate of drug-likeness (QED) is 0.803. The zero-order valence-electron chi connectivity index (χ0n) is 11.3. The maximum absolute atomic E-state index is 14.0. The second-order valence-electron chi connectivity index (χ2n) is 4.64. The van der Waals surface area contributed by atoms with E-state index in [9.17, 15) is 9.18 Å². The maximum atomic E-state index is 14.0. The standard InChI is InChI=1S/C16H16FNO/c1-11-6-4-8-13(10-11)18(3)16(19)14-9-5-7-12(2)15(14)17/h4-10H,1-3H3. The molecule has 2 nitrogen and oxygen atoms in total. The second kappa shape index (κ2) is 5.22. The first-order chi connectivity index (χ1) is 9.00. The van der Waals surface area contributed by atoms with Gasteiger partial charge in [0, 0.05) is 12.7 Å². The number of carbonyl (C=O) groups is 1. The number of amides is 1. The maximum Gasteiger partial charge on any atom is 0.260 e. The highest BCUT2D eigenvalue weighted by atomic mass is 19.1. The molecule has 0 unspecified atom stereocenters. The largest absolute Gasteiger partial charge is 0.311 e. The molecule has 2 aromatic carbocycles. The molecular weight excluding hydrogens is 241 g/mol. The minimum Gasteiger partial charge on any atom is -0.311 e. The Morgan fingerprint density at radius 3 is 2.47 bits per heavy atom. The molecule has 3 heteroatoms. The van der Waals surface area contributed by atoms with Gasteiger partial charge in [-0.1, -0.05) is 24.3 Å². The van der Waals surface area contributed by atoms with Crippen LogP contribution in [0.4, 0.5) is 10.1 Å². The summed E-state index contributed by atoms with van der Waals surface area (Å²) in [4.78, 5) is 13.8. The van der Waals surface area contributed by atoms with Crippen molar-refractivity contribution >= 4 is 11.6 Å². The second-order valence-corrected chi connectivity index (χ2v) is 4.64. The molecule has 0 radical (unpaired) electrons. The summed E-state index contributed by atoms with van der Waals surface area (Å²) in [6.07, 6.45) is 0. The van der Waals surface area contributed by atoms with E-state index in [-0.39, 0.29) is 11.5 Å². The topological polar surface area (TPSA) is 20.3 Å².